The molecule has 0 aromatic rings. The average Bonchev–Trinajstić information content (AvgIpc) is 2.47. The van der Waals surface area contributed by atoms with E-state index in [-0.39, 0.29) is 0 Å². The molecule has 0 amide bonds. The first-order chi connectivity index (χ1) is 5.75. The lowest BCUT2D eigenvalue weighted by Gasteiger charge is -2.08. The van der Waals surface area contributed by atoms with E-state index >= 15 is 0 Å². The Bertz CT molecular complexity index is 260. The maximum atomic E-state index is 11.5. The van der Waals surface area contributed by atoms with Crippen LogP contribution in [0, 0.1) is 11.8 Å². The van der Waals surface area contributed by atoms with Crippen molar-refractivity contribution in [2.24, 2.45) is 11.8 Å². The Balaban J connectivity index is 2.29. The van der Waals surface area contributed by atoms with Crippen LogP contribution in [0.2, 0.25) is 0 Å². The molecule has 64 valence electrons. The number of hydrogen-bond acceptors (Lipinski definition) is 1. The highest BCUT2D eigenvalue weighted by Gasteiger charge is 2.28. The van der Waals surface area contributed by atoms with Crippen LogP contribution in [0.4, 0.5) is 0 Å². The Morgan fingerprint density at radius 2 is 2.25 bits per heavy atom. The van der Waals surface area contributed by atoms with Gasteiger partial charge in [-0.25, -0.2) is 0 Å². The summed E-state index contributed by atoms with van der Waals surface area (Å²) >= 11 is 0. The maximum absolute atomic E-state index is 11.5. The van der Waals surface area contributed by atoms with Crippen molar-refractivity contribution >= 4 is 5.78 Å². The maximum Gasteiger partial charge on any atom is 0.159 e. The molecule has 0 aromatic carbocycles. The highest BCUT2D eigenvalue weighted by Crippen LogP contribution is 2.34. The lowest BCUT2D eigenvalue weighted by molar-refractivity contribution is -0.118. The topological polar surface area (TPSA) is 17.1 Å². The van der Waals surface area contributed by atoms with E-state index in [2.05, 4.69) is 12.2 Å². The predicted octanol–water partition coefficient (Wildman–Crippen LogP) is 2.49. The molecule has 2 rings (SSSR count). The number of hydrogen-bond donors (Lipinski definition) is 0. The molecule has 0 spiro atoms. The SMILES string of the molecule is CC1=C/C(=O)[C@H]2CC[C@@H](/C=C\1)C2. The van der Waals surface area contributed by atoms with Crippen molar-refractivity contribution in [1.82, 2.24) is 0 Å². The second-order valence-corrected chi connectivity index (χ2v) is 3.92. The van der Waals surface area contributed by atoms with Crippen molar-refractivity contribution in [2.75, 3.05) is 0 Å². The number of ketones is 1. The predicted molar refractivity (Wildman–Crippen MR) is 48.7 cm³/mol. The van der Waals surface area contributed by atoms with Crippen LogP contribution in [0.5, 0.6) is 0 Å². The normalized spacial score (nSPS) is 41.4. The van der Waals surface area contributed by atoms with Gasteiger partial charge in [0.2, 0.25) is 0 Å². The van der Waals surface area contributed by atoms with Crippen LogP contribution < -0.4 is 0 Å². The average molecular weight is 162 g/mol. The molecule has 0 aliphatic heterocycles. The summed E-state index contributed by atoms with van der Waals surface area (Å²) in [6.07, 6.45) is 9.52. The molecule has 2 aliphatic carbocycles. The van der Waals surface area contributed by atoms with Crippen molar-refractivity contribution in [3.8, 4) is 0 Å². The quantitative estimate of drug-likeness (QED) is 0.535. The summed E-state index contributed by atoms with van der Waals surface area (Å²) < 4.78 is 0. The van der Waals surface area contributed by atoms with Gasteiger partial charge in [0, 0.05) is 5.92 Å². The molecule has 1 fully saturated rings. The van der Waals surface area contributed by atoms with Gasteiger partial charge in [-0.1, -0.05) is 12.2 Å². The van der Waals surface area contributed by atoms with Crippen LogP contribution in [0.15, 0.2) is 23.8 Å². The summed E-state index contributed by atoms with van der Waals surface area (Å²) in [7, 11) is 0. The molecule has 0 N–H and O–H groups in total. The minimum atomic E-state index is 0.329. The molecule has 2 aliphatic rings. The van der Waals surface area contributed by atoms with E-state index in [1.54, 1.807) is 6.08 Å². The fourth-order valence-corrected chi connectivity index (χ4v) is 2.13. The largest absolute Gasteiger partial charge is 0.295 e. The number of rotatable bonds is 0. The van der Waals surface area contributed by atoms with Gasteiger partial charge in [0.05, 0.1) is 0 Å². The summed E-state index contributed by atoms with van der Waals surface area (Å²) in [5, 5.41) is 0. The van der Waals surface area contributed by atoms with Crippen molar-refractivity contribution in [3.05, 3.63) is 23.8 Å². The number of carbonyl (C=O) groups excluding carboxylic acids is 1. The van der Waals surface area contributed by atoms with Gasteiger partial charge in [-0.2, -0.15) is 0 Å². The van der Waals surface area contributed by atoms with E-state index in [1.165, 1.54) is 6.42 Å². The van der Waals surface area contributed by atoms with Gasteiger partial charge >= 0.3 is 0 Å². The van der Waals surface area contributed by atoms with Gasteiger partial charge in [-0.05, 0) is 43.8 Å². The third-order valence-corrected chi connectivity index (χ3v) is 2.88. The molecule has 0 saturated heterocycles. The first kappa shape index (κ1) is 7.78. The molecule has 0 aromatic heterocycles. The lowest BCUT2D eigenvalue weighted by atomic mass is 9.96. The Kier molecular flexibility index (Phi) is 1.87. The molecule has 1 nitrogen and oxygen atoms in total. The monoisotopic (exact) mass is 162 g/mol. The molecule has 12 heavy (non-hydrogen) atoms. The van der Waals surface area contributed by atoms with Gasteiger partial charge < -0.3 is 0 Å². The molecular formula is C11H14O. The third kappa shape index (κ3) is 1.36. The van der Waals surface area contributed by atoms with Crippen LogP contribution in [0.1, 0.15) is 26.2 Å². The standard InChI is InChI=1S/C11H14O/c1-8-2-3-9-4-5-10(7-9)11(12)6-8/h2-3,6,9-10H,4-5,7H2,1H3/b3-2-,8-6-/t9-,10+/m1/s1. The van der Waals surface area contributed by atoms with Gasteiger partial charge in [-0.15, -0.1) is 0 Å². The number of fused-ring (bicyclic) bond motifs is 2. The van der Waals surface area contributed by atoms with Crippen LogP contribution in [0.3, 0.4) is 0 Å². The zero-order valence-corrected chi connectivity index (χ0v) is 7.42. The van der Waals surface area contributed by atoms with Crippen molar-refractivity contribution in [3.63, 3.8) is 0 Å². The van der Waals surface area contributed by atoms with Crippen molar-refractivity contribution in [2.45, 2.75) is 26.2 Å². The molecule has 0 radical (unpaired) electrons. The van der Waals surface area contributed by atoms with Crippen molar-refractivity contribution < 1.29 is 4.79 Å². The van der Waals surface area contributed by atoms with Crippen molar-refractivity contribution in [1.29, 1.82) is 0 Å². The molecule has 0 unspecified atom stereocenters. The van der Waals surface area contributed by atoms with Gasteiger partial charge in [0.25, 0.3) is 0 Å². The Labute approximate surface area is 73.2 Å². The summed E-state index contributed by atoms with van der Waals surface area (Å²) in [4.78, 5) is 11.5. The fraction of sp³-hybridized carbons (Fsp3) is 0.545. The first-order valence-electron chi connectivity index (χ1n) is 4.66. The van der Waals surface area contributed by atoms with Crippen LogP contribution in [0.25, 0.3) is 0 Å². The molecule has 0 heterocycles. The van der Waals surface area contributed by atoms with E-state index in [9.17, 15) is 4.79 Å². The minimum Gasteiger partial charge on any atom is -0.295 e. The van der Waals surface area contributed by atoms with E-state index in [0.717, 1.165) is 18.4 Å². The Morgan fingerprint density at radius 3 is 3.08 bits per heavy atom. The number of carbonyl (C=O) groups is 1. The molecule has 1 heteroatoms. The first-order valence-corrected chi connectivity index (χ1v) is 4.66. The Hall–Kier alpha value is -0.850. The van der Waals surface area contributed by atoms with Crippen LogP contribution in [-0.2, 0) is 4.79 Å². The van der Waals surface area contributed by atoms with E-state index < -0.39 is 0 Å². The second-order valence-electron chi connectivity index (χ2n) is 3.92. The van der Waals surface area contributed by atoms with E-state index in [0.29, 0.717) is 17.6 Å². The minimum absolute atomic E-state index is 0.329. The zero-order chi connectivity index (χ0) is 8.55. The molecular weight excluding hydrogens is 148 g/mol. The zero-order valence-electron chi connectivity index (χ0n) is 7.42. The van der Waals surface area contributed by atoms with Gasteiger partial charge in [-0.3, -0.25) is 4.79 Å². The second kappa shape index (κ2) is 2.89. The molecule has 2 bridgehead atoms. The number of allylic oxidation sites excluding steroid dienone is 4. The summed E-state index contributed by atoms with van der Waals surface area (Å²) in [6.45, 7) is 2.00. The summed E-state index contributed by atoms with van der Waals surface area (Å²) in [6, 6.07) is 0. The highest BCUT2D eigenvalue weighted by atomic mass is 16.1. The van der Waals surface area contributed by atoms with Gasteiger partial charge in [0.1, 0.15) is 0 Å². The lowest BCUT2D eigenvalue weighted by Crippen LogP contribution is -2.09. The van der Waals surface area contributed by atoms with E-state index in [1.807, 2.05) is 6.92 Å². The summed E-state index contributed by atoms with van der Waals surface area (Å²) in [5.41, 5.74) is 1.11. The van der Waals surface area contributed by atoms with Gasteiger partial charge in [0.15, 0.2) is 5.78 Å². The smallest absolute Gasteiger partial charge is 0.159 e. The highest BCUT2D eigenvalue weighted by molar-refractivity contribution is 5.93. The Morgan fingerprint density at radius 1 is 1.42 bits per heavy atom. The molecule has 2 atom stereocenters. The van der Waals surface area contributed by atoms with Crippen LogP contribution >= 0.6 is 0 Å². The molecule has 1 saturated carbocycles. The van der Waals surface area contributed by atoms with E-state index in [4.69, 9.17) is 0 Å². The fourth-order valence-electron chi connectivity index (χ4n) is 2.13. The van der Waals surface area contributed by atoms with Crippen LogP contribution in [-0.4, -0.2) is 5.78 Å². The third-order valence-electron chi connectivity index (χ3n) is 2.88. The summed E-state index contributed by atoms with van der Waals surface area (Å²) in [5.74, 6) is 1.34.